The van der Waals surface area contributed by atoms with Gasteiger partial charge in [0.25, 0.3) is 0 Å². The molecule has 0 unspecified atom stereocenters. The van der Waals surface area contributed by atoms with Crippen molar-refractivity contribution in [2.45, 2.75) is 42.8 Å². The van der Waals surface area contributed by atoms with Gasteiger partial charge in [-0.15, -0.1) is 0 Å². The van der Waals surface area contributed by atoms with Gasteiger partial charge >= 0.3 is 6.18 Å². The molecule has 0 saturated heterocycles. The van der Waals surface area contributed by atoms with Crippen LogP contribution in [0, 0.1) is 11.2 Å². The fourth-order valence-corrected chi connectivity index (χ4v) is 7.96. The summed E-state index contributed by atoms with van der Waals surface area (Å²) < 4.78 is 99.7. The fraction of sp³-hybridized carbons (Fsp3) is 0.333. The fourth-order valence-electron chi connectivity index (χ4n) is 6.34. The lowest BCUT2D eigenvalue weighted by Crippen LogP contribution is -2.51. The highest BCUT2D eigenvalue weighted by atomic mass is 32.2. The van der Waals surface area contributed by atoms with Crippen LogP contribution in [0.1, 0.15) is 46.6 Å². The minimum Gasteiger partial charge on any atom is -0.291 e. The van der Waals surface area contributed by atoms with Crippen LogP contribution in [0.4, 0.5) is 22.0 Å². The van der Waals surface area contributed by atoms with Gasteiger partial charge in [0.05, 0.1) is 34.8 Å². The van der Waals surface area contributed by atoms with E-state index in [0.29, 0.717) is 28.6 Å². The van der Waals surface area contributed by atoms with E-state index in [1.165, 1.54) is 48.4 Å². The molecule has 6 rings (SSSR count). The molecule has 0 amide bonds. The van der Waals surface area contributed by atoms with Gasteiger partial charge in [-0.1, -0.05) is 5.57 Å². The number of aromatic nitrogens is 5. The highest BCUT2D eigenvalue weighted by molar-refractivity contribution is 7.89. The zero-order chi connectivity index (χ0) is 32.1. The Kier molecular flexibility index (Phi) is 7.72. The van der Waals surface area contributed by atoms with Gasteiger partial charge in [-0.25, -0.2) is 21.9 Å². The minimum absolute atomic E-state index is 0.0149. The van der Waals surface area contributed by atoms with Gasteiger partial charge in [0.2, 0.25) is 10.0 Å². The number of carbonyl (C=O) groups is 1. The standard InChI is InChI=1S/C30H27F5N6O3S/c1-39-18-25(17-37-39)45(43,44)40(11-9-31)24-5-2-20-13-27-19(16-38-41(27)23-6-3-22(32)4-7-23)14-29(20,15-24)28(42)26-12-21(8-10-36-26)30(33,34)35/h3-4,6-8,10,12-13,16-18,24H,2,5,9,11,14-15H2,1H3/t24-,29-/m0/s1. The first-order chi connectivity index (χ1) is 21.3. The summed E-state index contributed by atoms with van der Waals surface area (Å²) in [4.78, 5) is 18.3. The molecule has 3 aromatic heterocycles. The van der Waals surface area contributed by atoms with E-state index in [-0.39, 0.29) is 30.6 Å². The van der Waals surface area contributed by atoms with Crippen molar-refractivity contribution in [2.75, 3.05) is 13.2 Å². The maximum absolute atomic E-state index is 14.4. The maximum Gasteiger partial charge on any atom is 0.416 e. The van der Waals surface area contributed by atoms with Gasteiger partial charge < -0.3 is 0 Å². The number of benzene rings is 1. The van der Waals surface area contributed by atoms with Gasteiger partial charge in [-0.2, -0.15) is 27.7 Å². The van der Waals surface area contributed by atoms with E-state index in [0.717, 1.165) is 22.8 Å². The summed E-state index contributed by atoms with van der Waals surface area (Å²) in [6.45, 7) is -1.48. The summed E-state index contributed by atoms with van der Waals surface area (Å²) in [7, 11) is -2.71. The van der Waals surface area contributed by atoms with Crippen molar-refractivity contribution in [3.63, 3.8) is 0 Å². The second kappa shape index (κ2) is 11.3. The van der Waals surface area contributed by atoms with Crippen molar-refractivity contribution in [1.29, 1.82) is 0 Å². The number of hydrogen-bond acceptors (Lipinski definition) is 6. The Labute approximate surface area is 255 Å². The molecule has 2 atom stereocenters. The van der Waals surface area contributed by atoms with Crippen LogP contribution in [-0.2, 0) is 29.7 Å². The zero-order valence-electron chi connectivity index (χ0n) is 23.9. The average Bonchev–Trinajstić information content (AvgIpc) is 3.64. The number of fused-ring (bicyclic) bond motifs is 2. The molecule has 3 heterocycles. The number of pyridine rings is 1. The molecule has 9 nitrogen and oxygen atoms in total. The van der Waals surface area contributed by atoms with Crippen molar-refractivity contribution in [2.24, 2.45) is 12.5 Å². The second-order valence-corrected chi connectivity index (χ2v) is 13.1. The number of rotatable bonds is 8. The van der Waals surface area contributed by atoms with Gasteiger partial charge in [-0.05, 0) is 73.7 Å². The first-order valence-corrected chi connectivity index (χ1v) is 15.5. The smallest absolute Gasteiger partial charge is 0.291 e. The van der Waals surface area contributed by atoms with E-state index < -0.39 is 63.7 Å². The van der Waals surface area contributed by atoms with E-state index in [1.54, 1.807) is 10.8 Å². The van der Waals surface area contributed by atoms with Crippen molar-refractivity contribution in [1.82, 2.24) is 28.9 Å². The van der Waals surface area contributed by atoms with Crippen molar-refractivity contribution < 1.29 is 35.2 Å². The third kappa shape index (κ3) is 5.47. The van der Waals surface area contributed by atoms with Crippen LogP contribution in [0.15, 0.2) is 71.7 Å². The Hall–Kier alpha value is -4.24. The number of sulfonamides is 1. The van der Waals surface area contributed by atoms with Crippen LogP contribution < -0.4 is 0 Å². The first-order valence-electron chi connectivity index (χ1n) is 14.0. The summed E-state index contributed by atoms with van der Waals surface area (Å²) in [5, 5.41) is 8.37. The van der Waals surface area contributed by atoms with Gasteiger partial charge in [0, 0.05) is 32.0 Å². The predicted octanol–water partition coefficient (Wildman–Crippen LogP) is 5.18. The van der Waals surface area contributed by atoms with Gasteiger partial charge in [-0.3, -0.25) is 14.5 Å². The van der Waals surface area contributed by atoms with E-state index in [9.17, 15) is 35.2 Å². The third-order valence-corrected chi connectivity index (χ3v) is 10.4. The average molecular weight is 647 g/mol. The molecule has 0 N–H and O–H groups in total. The molecule has 0 radical (unpaired) electrons. The van der Waals surface area contributed by atoms with Gasteiger partial charge in [0.15, 0.2) is 5.78 Å². The molecule has 0 bridgehead atoms. The van der Waals surface area contributed by atoms with Crippen LogP contribution in [0.3, 0.4) is 0 Å². The second-order valence-electron chi connectivity index (χ2n) is 11.2. The van der Waals surface area contributed by atoms with Crippen LogP contribution in [0.2, 0.25) is 0 Å². The molecule has 2 aliphatic carbocycles. The number of Topliss-reactive ketones (excluding diaryl/α,β-unsaturated/α-hetero) is 1. The lowest BCUT2D eigenvalue weighted by molar-refractivity contribution is -0.137. The van der Waals surface area contributed by atoms with E-state index in [4.69, 9.17) is 0 Å². The number of aryl methyl sites for hydroxylation is 1. The highest BCUT2D eigenvalue weighted by Crippen LogP contribution is 2.51. The molecule has 1 aromatic carbocycles. The van der Waals surface area contributed by atoms with E-state index in [2.05, 4.69) is 15.2 Å². The number of hydrogen-bond donors (Lipinski definition) is 0. The molecular weight excluding hydrogens is 619 g/mol. The van der Waals surface area contributed by atoms with Crippen LogP contribution in [-0.4, -0.2) is 62.3 Å². The van der Waals surface area contributed by atoms with Gasteiger partial charge in [0.1, 0.15) is 23.1 Å². The monoisotopic (exact) mass is 646 g/mol. The topological polar surface area (TPSA) is 103 Å². The Morgan fingerprint density at radius 2 is 1.89 bits per heavy atom. The number of carbonyl (C=O) groups excluding carboxylic acids is 1. The maximum atomic E-state index is 14.4. The third-order valence-electron chi connectivity index (χ3n) is 8.46. The number of nitrogens with zero attached hydrogens (tertiary/aromatic N) is 6. The van der Waals surface area contributed by atoms with Crippen LogP contribution >= 0.6 is 0 Å². The molecule has 0 spiro atoms. The molecular formula is C30H27F5N6O3S. The molecule has 0 aliphatic heterocycles. The lowest BCUT2D eigenvalue weighted by Gasteiger charge is -2.46. The molecule has 2 aliphatic rings. The van der Waals surface area contributed by atoms with Crippen LogP contribution in [0.25, 0.3) is 11.8 Å². The lowest BCUT2D eigenvalue weighted by atomic mass is 9.60. The van der Waals surface area contributed by atoms with Crippen LogP contribution in [0.5, 0.6) is 0 Å². The normalized spacial score (nSPS) is 20.1. The quantitative estimate of drug-likeness (QED) is 0.193. The molecule has 15 heteroatoms. The molecule has 1 saturated carbocycles. The number of ketones is 1. The summed E-state index contributed by atoms with van der Waals surface area (Å²) >= 11 is 0. The summed E-state index contributed by atoms with van der Waals surface area (Å²) in [6.07, 6.45) is 2.16. The van der Waals surface area contributed by atoms with Crippen molar-refractivity contribution >= 4 is 21.9 Å². The van der Waals surface area contributed by atoms with E-state index in [1.807, 2.05) is 0 Å². The summed E-state index contributed by atoms with van der Waals surface area (Å²) in [5.74, 6) is -1.14. The zero-order valence-corrected chi connectivity index (χ0v) is 24.7. The Balaban J connectivity index is 1.46. The summed E-state index contributed by atoms with van der Waals surface area (Å²) in [6, 6.07) is 6.22. The number of allylic oxidation sites excluding steroid dienone is 1. The highest BCUT2D eigenvalue weighted by Gasteiger charge is 2.52. The predicted molar refractivity (Wildman–Crippen MR) is 152 cm³/mol. The number of alkyl halides is 4. The molecule has 1 fully saturated rings. The Morgan fingerprint density at radius 3 is 2.56 bits per heavy atom. The Bertz CT molecular complexity index is 1900. The molecule has 236 valence electrons. The minimum atomic E-state index is -4.73. The van der Waals surface area contributed by atoms with Crippen molar-refractivity contribution in [3.8, 4) is 5.69 Å². The SMILES string of the molecule is Cn1cc(S(=O)(=O)N(CCF)[C@H]2CCC3=Cc4c(cnn4-c4ccc(F)cc4)C[C@]3(C(=O)c3cc(C(F)(F)F)ccn3)C2)cn1. The Morgan fingerprint density at radius 1 is 1.13 bits per heavy atom. The summed E-state index contributed by atoms with van der Waals surface area (Å²) in [5.41, 5.74) is -0.651. The first kappa shape index (κ1) is 30.8. The van der Waals surface area contributed by atoms with E-state index >= 15 is 0 Å². The largest absolute Gasteiger partial charge is 0.416 e. The number of halogens is 5. The molecule has 45 heavy (non-hydrogen) atoms. The van der Waals surface area contributed by atoms with Crippen molar-refractivity contribution in [3.05, 3.63) is 95.1 Å². The molecule has 4 aromatic rings.